The fourth-order valence-corrected chi connectivity index (χ4v) is 1.24. The molecule has 0 aromatic heterocycles. The third kappa shape index (κ3) is 2.47. The van der Waals surface area contributed by atoms with Crippen molar-refractivity contribution in [1.29, 1.82) is 0 Å². The molecule has 0 aliphatic carbocycles. The van der Waals surface area contributed by atoms with Crippen LogP contribution < -0.4 is 11.6 Å². The van der Waals surface area contributed by atoms with Crippen molar-refractivity contribution in [2.75, 3.05) is 5.73 Å². The largest absolute Gasteiger partial charge is 0.399 e. The van der Waals surface area contributed by atoms with Gasteiger partial charge in [-0.25, -0.2) is 0 Å². The minimum absolute atomic E-state index is 0.745. The number of nitrogens with zero attached hydrogens (tertiary/aromatic N) is 1. The van der Waals surface area contributed by atoms with E-state index in [4.69, 9.17) is 11.6 Å². The van der Waals surface area contributed by atoms with E-state index in [0.717, 1.165) is 29.8 Å². The van der Waals surface area contributed by atoms with Gasteiger partial charge in [0, 0.05) is 5.69 Å². The van der Waals surface area contributed by atoms with Crippen molar-refractivity contribution in [3.63, 3.8) is 0 Å². The van der Waals surface area contributed by atoms with Gasteiger partial charge >= 0.3 is 0 Å². The standard InChI is InChI=1S/C10H15N3/c1-2-4-10(13-12)8-5-3-6-9(11)7-8/h3,5-7H,2,4,11-12H2,1H3/b13-10+. The average Bonchev–Trinajstić information content (AvgIpc) is 2.14. The molecule has 0 fully saturated rings. The third-order valence-electron chi connectivity index (χ3n) is 1.86. The first-order chi connectivity index (χ1) is 6.27. The van der Waals surface area contributed by atoms with Crippen LogP contribution in [-0.4, -0.2) is 5.71 Å². The van der Waals surface area contributed by atoms with Gasteiger partial charge in [0.25, 0.3) is 0 Å². The maximum atomic E-state index is 5.65. The number of anilines is 1. The van der Waals surface area contributed by atoms with E-state index in [1.165, 1.54) is 0 Å². The van der Waals surface area contributed by atoms with E-state index in [1.54, 1.807) is 0 Å². The van der Waals surface area contributed by atoms with Crippen molar-refractivity contribution >= 4 is 11.4 Å². The molecule has 0 atom stereocenters. The molecular formula is C10H15N3. The van der Waals surface area contributed by atoms with Gasteiger partial charge in [-0.1, -0.05) is 25.5 Å². The van der Waals surface area contributed by atoms with Crippen LogP contribution >= 0.6 is 0 Å². The fraction of sp³-hybridized carbons (Fsp3) is 0.300. The Labute approximate surface area is 78.4 Å². The van der Waals surface area contributed by atoms with E-state index in [9.17, 15) is 0 Å². The number of hydrogen-bond acceptors (Lipinski definition) is 3. The number of hydrogen-bond donors (Lipinski definition) is 2. The van der Waals surface area contributed by atoms with Gasteiger partial charge in [0.1, 0.15) is 0 Å². The second-order valence-electron chi connectivity index (χ2n) is 2.95. The number of nitrogen functional groups attached to an aromatic ring is 1. The molecule has 0 unspecified atom stereocenters. The zero-order valence-corrected chi connectivity index (χ0v) is 7.83. The van der Waals surface area contributed by atoms with Gasteiger partial charge in [-0.3, -0.25) is 0 Å². The monoisotopic (exact) mass is 177 g/mol. The number of benzene rings is 1. The molecule has 4 N–H and O–H groups in total. The van der Waals surface area contributed by atoms with E-state index in [0.29, 0.717) is 0 Å². The molecule has 3 nitrogen and oxygen atoms in total. The number of rotatable bonds is 3. The van der Waals surface area contributed by atoms with Crippen molar-refractivity contribution in [3.8, 4) is 0 Å². The van der Waals surface area contributed by atoms with Crippen LogP contribution in [0.15, 0.2) is 29.4 Å². The van der Waals surface area contributed by atoms with Crippen molar-refractivity contribution in [3.05, 3.63) is 29.8 Å². The van der Waals surface area contributed by atoms with Crippen LogP contribution in [0.5, 0.6) is 0 Å². The van der Waals surface area contributed by atoms with Crippen LogP contribution in [0.3, 0.4) is 0 Å². The Hall–Kier alpha value is -1.51. The fourth-order valence-electron chi connectivity index (χ4n) is 1.24. The topological polar surface area (TPSA) is 64.4 Å². The lowest BCUT2D eigenvalue weighted by atomic mass is 10.1. The Balaban J connectivity index is 2.92. The zero-order chi connectivity index (χ0) is 9.68. The van der Waals surface area contributed by atoms with Crippen LogP contribution in [0.2, 0.25) is 0 Å². The average molecular weight is 177 g/mol. The zero-order valence-electron chi connectivity index (χ0n) is 7.83. The van der Waals surface area contributed by atoms with Crippen molar-refractivity contribution in [2.24, 2.45) is 10.9 Å². The molecule has 1 rings (SSSR count). The highest BCUT2D eigenvalue weighted by Crippen LogP contribution is 2.10. The molecule has 0 radical (unpaired) electrons. The van der Waals surface area contributed by atoms with E-state index in [1.807, 2.05) is 24.3 Å². The molecule has 13 heavy (non-hydrogen) atoms. The first-order valence-electron chi connectivity index (χ1n) is 4.40. The van der Waals surface area contributed by atoms with Crippen LogP contribution in [0.4, 0.5) is 5.69 Å². The summed E-state index contributed by atoms with van der Waals surface area (Å²) in [5.74, 6) is 5.29. The summed E-state index contributed by atoms with van der Waals surface area (Å²) in [6.45, 7) is 2.09. The lowest BCUT2D eigenvalue weighted by molar-refractivity contribution is 0.982. The molecule has 0 saturated heterocycles. The van der Waals surface area contributed by atoms with Crippen LogP contribution in [0.1, 0.15) is 25.3 Å². The summed E-state index contributed by atoms with van der Waals surface area (Å²) in [7, 11) is 0. The summed E-state index contributed by atoms with van der Waals surface area (Å²) in [6.07, 6.45) is 1.92. The third-order valence-corrected chi connectivity index (χ3v) is 1.86. The Bertz CT molecular complexity index is 305. The summed E-state index contributed by atoms with van der Waals surface area (Å²) < 4.78 is 0. The maximum absolute atomic E-state index is 5.65. The van der Waals surface area contributed by atoms with Crippen molar-refractivity contribution < 1.29 is 0 Å². The minimum Gasteiger partial charge on any atom is -0.399 e. The summed E-state index contributed by atoms with van der Waals surface area (Å²) in [4.78, 5) is 0. The van der Waals surface area contributed by atoms with Crippen molar-refractivity contribution in [2.45, 2.75) is 19.8 Å². The Morgan fingerprint density at radius 1 is 1.46 bits per heavy atom. The second-order valence-corrected chi connectivity index (χ2v) is 2.95. The summed E-state index contributed by atoms with van der Waals surface area (Å²) in [5.41, 5.74) is 8.33. The molecular weight excluding hydrogens is 162 g/mol. The molecule has 0 heterocycles. The normalized spacial score (nSPS) is 11.6. The quantitative estimate of drug-likeness (QED) is 0.319. The summed E-state index contributed by atoms with van der Waals surface area (Å²) in [5, 5.41) is 3.75. The van der Waals surface area contributed by atoms with E-state index < -0.39 is 0 Å². The number of hydrazone groups is 1. The molecule has 0 amide bonds. The minimum atomic E-state index is 0.745. The molecule has 0 saturated carbocycles. The van der Waals surface area contributed by atoms with Crippen LogP contribution in [0.25, 0.3) is 0 Å². The Kier molecular flexibility index (Phi) is 3.31. The molecule has 1 aromatic rings. The van der Waals surface area contributed by atoms with E-state index in [-0.39, 0.29) is 0 Å². The van der Waals surface area contributed by atoms with Gasteiger partial charge in [0.2, 0.25) is 0 Å². The maximum Gasteiger partial charge on any atom is 0.0673 e. The highest BCUT2D eigenvalue weighted by molar-refractivity contribution is 6.00. The van der Waals surface area contributed by atoms with E-state index >= 15 is 0 Å². The van der Waals surface area contributed by atoms with Gasteiger partial charge in [-0.15, -0.1) is 0 Å². The highest BCUT2D eigenvalue weighted by Gasteiger charge is 2.01. The summed E-state index contributed by atoms with van der Waals surface area (Å²) in [6, 6.07) is 7.62. The van der Waals surface area contributed by atoms with Crippen molar-refractivity contribution in [1.82, 2.24) is 0 Å². The number of nitrogens with two attached hydrogens (primary N) is 2. The first kappa shape index (κ1) is 9.58. The Morgan fingerprint density at radius 2 is 2.23 bits per heavy atom. The molecule has 70 valence electrons. The second kappa shape index (κ2) is 4.50. The predicted molar refractivity (Wildman–Crippen MR) is 56.5 cm³/mol. The summed E-state index contributed by atoms with van der Waals surface area (Å²) >= 11 is 0. The smallest absolute Gasteiger partial charge is 0.0673 e. The molecule has 0 bridgehead atoms. The first-order valence-corrected chi connectivity index (χ1v) is 4.40. The van der Waals surface area contributed by atoms with Gasteiger partial charge in [-0.05, 0) is 24.1 Å². The van der Waals surface area contributed by atoms with Crippen LogP contribution in [-0.2, 0) is 0 Å². The SMILES string of the molecule is CCC/C(=N\N)c1cccc(N)c1. The molecule has 0 aliphatic rings. The predicted octanol–water partition coefficient (Wildman–Crippen LogP) is 1.73. The Morgan fingerprint density at radius 3 is 2.77 bits per heavy atom. The molecule has 0 aliphatic heterocycles. The highest BCUT2D eigenvalue weighted by atomic mass is 15.1. The molecule has 1 aromatic carbocycles. The molecule has 0 spiro atoms. The van der Waals surface area contributed by atoms with E-state index in [2.05, 4.69) is 12.0 Å². The van der Waals surface area contributed by atoms with Gasteiger partial charge in [-0.2, -0.15) is 5.10 Å². The molecule has 3 heteroatoms. The van der Waals surface area contributed by atoms with Gasteiger partial charge < -0.3 is 11.6 Å². The van der Waals surface area contributed by atoms with Crippen LogP contribution in [0, 0.1) is 0 Å². The lowest BCUT2D eigenvalue weighted by Gasteiger charge is -2.03. The lowest BCUT2D eigenvalue weighted by Crippen LogP contribution is -2.04. The van der Waals surface area contributed by atoms with Gasteiger partial charge in [0.15, 0.2) is 0 Å². The van der Waals surface area contributed by atoms with Gasteiger partial charge in [0.05, 0.1) is 5.71 Å².